The van der Waals surface area contributed by atoms with Crippen molar-refractivity contribution in [3.8, 4) is 11.3 Å². The van der Waals surface area contributed by atoms with Crippen LogP contribution < -0.4 is 37.5 Å². The normalized spacial score (nSPS) is 24.7. The lowest BCUT2D eigenvalue weighted by molar-refractivity contribution is -0.199. The van der Waals surface area contributed by atoms with Gasteiger partial charge < -0.3 is 47.1 Å². The average molecular weight is 875 g/mol. The topological polar surface area (TPSA) is 266 Å². The Morgan fingerprint density at radius 1 is 0.883 bits per heavy atom. The first-order valence-corrected chi connectivity index (χ1v) is 22.4. The highest BCUT2D eigenvalue weighted by Gasteiger charge is 2.68. The number of amides is 4. The van der Waals surface area contributed by atoms with Crippen molar-refractivity contribution in [3.05, 3.63) is 47.6 Å². The molecule has 4 fully saturated rings. The molecule has 3 aliphatic carbocycles. The number of halogens is 1. The van der Waals surface area contributed by atoms with Gasteiger partial charge in [-0.2, -0.15) is 4.72 Å². The van der Waals surface area contributed by atoms with E-state index in [4.69, 9.17) is 32.4 Å². The molecule has 1 aromatic heterocycles. The van der Waals surface area contributed by atoms with Gasteiger partial charge >= 0.3 is 7.12 Å². The number of unbranched alkanes of at least 4 members (excludes halogenated alkanes) is 1. The van der Waals surface area contributed by atoms with E-state index < -0.39 is 82.6 Å². The maximum absolute atomic E-state index is 13.7. The summed E-state index contributed by atoms with van der Waals surface area (Å²) in [6.45, 7) is 11.4. The van der Waals surface area contributed by atoms with E-state index in [9.17, 15) is 32.7 Å². The molecule has 20 heteroatoms. The Morgan fingerprint density at radius 3 is 2.17 bits per heavy atom. The van der Waals surface area contributed by atoms with Gasteiger partial charge in [0.25, 0.3) is 0 Å². The van der Waals surface area contributed by atoms with E-state index >= 15 is 0 Å². The molecule has 60 heavy (non-hydrogen) atoms. The molecule has 2 bridgehead atoms. The highest BCUT2D eigenvalue weighted by atomic mass is 35.5. The fraction of sp³-hybridized carbons (Fsp3) is 0.625. The fourth-order valence-electron chi connectivity index (χ4n) is 8.59. The SMILES string of the molecule is C[C@H](NC(=O)[C@H](CCCCN)NC(=O)[C@H](C)NC(=O)[C@@H](NC(=O)[C@H](CCN)NS(=O)(=O)c1ccc(-c2ccc(Cl)cc2)nc1)[C@@H](C)O)B1O[C@@H]2C[C@@H]3C[C@@H](C3(C)C)[C@]2(C)O1. The summed E-state index contributed by atoms with van der Waals surface area (Å²) in [6.07, 6.45) is 2.83. The second-order valence-corrected chi connectivity index (χ2v) is 19.2. The predicted octanol–water partition coefficient (Wildman–Crippen LogP) is 1.15. The largest absolute Gasteiger partial charge is 0.481 e. The summed E-state index contributed by atoms with van der Waals surface area (Å²) >= 11 is 5.96. The number of benzene rings is 1. The third kappa shape index (κ3) is 10.7. The Labute approximate surface area is 357 Å². The lowest BCUT2D eigenvalue weighted by Crippen LogP contribution is -2.65. The Bertz CT molecular complexity index is 1960. The number of nitrogens with one attached hydrogen (secondary N) is 5. The van der Waals surface area contributed by atoms with Crippen molar-refractivity contribution in [2.75, 3.05) is 13.1 Å². The van der Waals surface area contributed by atoms with Crippen molar-refractivity contribution < 1.29 is 42.0 Å². The summed E-state index contributed by atoms with van der Waals surface area (Å²) < 4.78 is 41.8. The van der Waals surface area contributed by atoms with Crippen molar-refractivity contribution in [1.82, 2.24) is 31.0 Å². The minimum atomic E-state index is -4.31. The van der Waals surface area contributed by atoms with E-state index in [2.05, 4.69) is 51.7 Å². The first-order chi connectivity index (χ1) is 28.2. The van der Waals surface area contributed by atoms with E-state index in [0.29, 0.717) is 47.5 Å². The molecule has 17 nitrogen and oxygen atoms in total. The molecule has 1 aromatic carbocycles. The van der Waals surface area contributed by atoms with Gasteiger partial charge in [-0.05, 0) is 121 Å². The molecule has 2 aromatic rings. The maximum Gasteiger partial charge on any atom is 0.481 e. The molecule has 1 aliphatic heterocycles. The van der Waals surface area contributed by atoms with Gasteiger partial charge in [-0.3, -0.25) is 24.2 Å². The van der Waals surface area contributed by atoms with Gasteiger partial charge in [-0.25, -0.2) is 8.42 Å². The number of carbonyl (C=O) groups excluding carboxylic acids is 4. The lowest BCUT2D eigenvalue weighted by Gasteiger charge is -2.64. The van der Waals surface area contributed by atoms with Crippen molar-refractivity contribution in [3.63, 3.8) is 0 Å². The quantitative estimate of drug-likeness (QED) is 0.0689. The Kier molecular flexibility index (Phi) is 15.4. The van der Waals surface area contributed by atoms with Gasteiger partial charge in [0.2, 0.25) is 33.7 Å². The number of aliphatic hydroxyl groups is 1. The van der Waals surface area contributed by atoms with Gasteiger partial charge in [0.15, 0.2) is 0 Å². The number of nitrogens with two attached hydrogens (primary N) is 2. The zero-order valence-electron chi connectivity index (χ0n) is 35.1. The number of nitrogens with zero attached hydrogens (tertiary/aromatic N) is 1. The second kappa shape index (κ2) is 19.6. The van der Waals surface area contributed by atoms with Crippen molar-refractivity contribution >= 4 is 52.4 Å². The van der Waals surface area contributed by atoms with Crippen LogP contribution in [0.5, 0.6) is 0 Å². The van der Waals surface area contributed by atoms with E-state index in [-0.39, 0.29) is 35.8 Å². The van der Waals surface area contributed by atoms with Gasteiger partial charge in [0.1, 0.15) is 29.1 Å². The molecule has 2 heterocycles. The molecule has 4 amide bonds. The maximum atomic E-state index is 13.7. The van der Waals surface area contributed by atoms with Crippen molar-refractivity contribution in [2.45, 2.75) is 133 Å². The van der Waals surface area contributed by atoms with Crippen LogP contribution in [-0.2, 0) is 38.5 Å². The van der Waals surface area contributed by atoms with E-state index in [0.717, 1.165) is 19.0 Å². The smallest absolute Gasteiger partial charge is 0.404 e. The van der Waals surface area contributed by atoms with Crippen LogP contribution in [0.25, 0.3) is 11.3 Å². The number of sulfonamides is 1. The average Bonchev–Trinajstić information content (AvgIpc) is 3.57. The molecule has 0 radical (unpaired) electrons. The molecule has 1 saturated heterocycles. The highest BCUT2D eigenvalue weighted by Crippen LogP contribution is 2.65. The standard InChI is InChI=1S/C40H60BClN8O9S/c1-22(35(52)48-30(9-7-8-17-43)36(53)47-24(3)41-58-33-20-26-19-32(39(26,4)5)40(33,6)59-41)46-38(55)34(23(2)51)49-37(54)31(16-18-44)50-60(56,57)28-14-15-29(45-21-28)25-10-12-27(42)13-11-25/h10-15,21-24,26,30-34,50-51H,7-9,16-20,43-44H2,1-6H3,(H,46,55)(H,47,53)(H,48,52)(H,49,54)/t22-,23+,24-,26-,30-,31-,32-,33+,34-,40-/m0/s1. The van der Waals surface area contributed by atoms with E-state index in [1.165, 1.54) is 26.0 Å². The predicted molar refractivity (Wildman–Crippen MR) is 226 cm³/mol. The van der Waals surface area contributed by atoms with Gasteiger partial charge in [-0.15, -0.1) is 0 Å². The zero-order chi connectivity index (χ0) is 44.2. The summed E-state index contributed by atoms with van der Waals surface area (Å²) in [5.74, 6) is -2.65. The number of aromatic nitrogens is 1. The first-order valence-electron chi connectivity index (χ1n) is 20.6. The zero-order valence-corrected chi connectivity index (χ0v) is 36.6. The highest BCUT2D eigenvalue weighted by molar-refractivity contribution is 7.89. The van der Waals surface area contributed by atoms with E-state index in [1.54, 1.807) is 31.2 Å². The third-order valence-electron chi connectivity index (χ3n) is 12.4. The van der Waals surface area contributed by atoms with Crippen LogP contribution in [0.3, 0.4) is 0 Å². The number of hydrogen-bond donors (Lipinski definition) is 8. The minimum Gasteiger partial charge on any atom is -0.404 e. The van der Waals surface area contributed by atoms with E-state index in [1.807, 2.05) is 0 Å². The Morgan fingerprint density at radius 2 is 1.57 bits per heavy atom. The molecule has 330 valence electrons. The van der Waals surface area contributed by atoms with Gasteiger partial charge in [-0.1, -0.05) is 37.6 Å². The minimum absolute atomic E-state index is 0.0725. The summed E-state index contributed by atoms with van der Waals surface area (Å²) in [7, 11) is -4.98. The van der Waals surface area contributed by atoms with Crippen LogP contribution in [0.2, 0.25) is 5.02 Å². The molecule has 3 saturated carbocycles. The molecular formula is C40H60BClN8O9S. The van der Waals surface area contributed by atoms with Crippen LogP contribution in [0.15, 0.2) is 47.5 Å². The summed E-state index contributed by atoms with van der Waals surface area (Å²) in [5, 5.41) is 21.6. The summed E-state index contributed by atoms with van der Waals surface area (Å²) in [5.41, 5.74) is 12.3. The molecule has 10 atom stereocenters. The molecule has 0 unspecified atom stereocenters. The number of pyridine rings is 1. The molecular weight excluding hydrogens is 815 g/mol. The number of aliphatic hydroxyl groups excluding tert-OH is 1. The molecule has 10 N–H and O–H groups in total. The number of rotatable bonds is 20. The lowest BCUT2D eigenvalue weighted by atomic mass is 9.43. The third-order valence-corrected chi connectivity index (χ3v) is 14.1. The summed E-state index contributed by atoms with van der Waals surface area (Å²) in [6, 6.07) is 4.40. The second-order valence-electron chi connectivity index (χ2n) is 17.1. The first kappa shape index (κ1) is 47.4. The Hall–Kier alpha value is -3.69. The monoisotopic (exact) mass is 874 g/mol. The molecule has 6 rings (SSSR count). The fourth-order valence-corrected chi connectivity index (χ4v) is 9.89. The molecule has 4 aliphatic rings. The number of hydrogen-bond acceptors (Lipinski definition) is 12. The van der Waals surface area contributed by atoms with Crippen molar-refractivity contribution in [1.29, 1.82) is 0 Å². The summed E-state index contributed by atoms with van der Waals surface area (Å²) in [4.78, 5) is 58.0. The van der Waals surface area contributed by atoms with Crippen LogP contribution in [0.1, 0.15) is 80.1 Å². The van der Waals surface area contributed by atoms with Crippen molar-refractivity contribution in [2.24, 2.45) is 28.7 Å². The Balaban J connectivity index is 1.17. The van der Waals surface area contributed by atoms with Gasteiger partial charge in [0.05, 0.1) is 29.4 Å². The molecule has 0 spiro atoms. The van der Waals surface area contributed by atoms with Crippen LogP contribution in [-0.4, -0.2) is 110 Å². The van der Waals surface area contributed by atoms with Gasteiger partial charge in [0, 0.05) is 16.8 Å². The number of carbonyl (C=O) groups is 4. The van der Waals surface area contributed by atoms with Crippen LogP contribution in [0, 0.1) is 17.3 Å². The van der Waals surface area contributed by atoms with Crippen LogP contribution >= 0.6 is 11.6 Å². The van der Waals surface area contributed by atoms with Crippen LogP contribution in [0.4, 0.5) is 0 Å².